The van der Waals surface area contributed by atoms with E-state index in [1.165, 1.54) is 0 Å². The maximum atomic E-state index is 12.0. The number of rotatable bonds is 3. The fourth-order valence-corrected chi connectivity index (χ4v) is 2.11. The molecule has 0 saturated carbocycles. The fraction of sp³-hybridized carbons (Fsp3) is 0.188. The first-order chi connectivity index (χ1) is 8.59. The standard InChI is InChI=1S/C16H15ClO/c1-11(2)16(18)13-7-5-6-12(10-13)14-8-3-4-9-15(14)17/h3-11H,1-2H3. The van der Waals surface area contributed by atoms with Gasteiger partial charge in [-0.05, 0) is 17.7 Å². The van der Waals surface area contributed by atoms with Crippen LogP contribution in [0.15, 0.2) is 48.5 Å². The van der Waals surface area contributed by atoms with Crippen LogP contribution in [0.3, 0.4) is 0 Å². The van der Waals surface area contributed by atoms with E-state index in [0.717, 1.165) is 16.7 Å². The Morgan fingerprint density at radius 2 is 1.78 bits per heavy atom. The summed E-state index contributed by atoms with van der Waals surface area (Å²) < 4.78 is 0. The molecule has 1 nitrogen and oxygen atoms in total. The molecule has 92 valence electrons. The minimum atomic E-state index is 0.00601. The molecule has 0 aliphatic carbocycles. The third-order valence-corrected chi connectivity index (χ3v) is 3.19. The third-order valence-electron chi connectivity index (χ3n) is 2.86. The highest BCUT2D eigenvalue weighted by molar-refractivity contribution is 6.33. The minimum Gasteiger partial charge on any atom is -0.294 e. The number of benzene rings is 2. The predicted molar refractivity (Wildman–Crippen MR) is 76.1 cm³/mol. The van der Waals surface area contributed by atoms with Gasteiger partial charge < -0.3 is 0 Å². The molecule has 2 heteroatoms. The molecule has 0 saturated heterocycles. The van der Waals surface area contributed by atoms with Crippen molar-refractivity contribution in [2.24, 2.45) is 5.92 Å². The van der Waals surface area contributed by atoms with Gasteiger partial charge in [-0.3, -0.25) is 4.79 Å². The van der Waals surface area contributed by atoms with Crippen molar-refractivity contribution >= 4 is 17.4 Å². The van der Waals surface area contributed by atoms with Crippen molar-refractivity contribution in [1.82, 2.24) is 0 Å². The van der Waals surface area contributed by atoms with Crippen molar-refractivity contribution in [3.8, 4) is 11.1 Å². The first kappa shape index (κ1) is 12.8. The number of halogens is 1. The molecule has 0 heterocycles. The van der Waals surface area contributed by atoms with Gasteiger partial charge in [-0.2, -0.15) is 0 Å². The zero-order valence-electron chi connectivity index (χ0n) is 10.5. The number of hydrogen-bond acceptors (Lipinski definition) is 1. The van der Waals surface area contributed by atoms with Crippen LogP contribution in [0.5, 0.6) is 0 Å². The van der Waals surface area contributed by atoms with Crippen molar-refractivity contribution in [1.29, 1.82) is 0 Å². The Kier molecular flexibility index (Phi) is 3.83. The quantitative estimate of drug-likeness (QED) is 0.720. The number of hydrogen-bond donors (Lipinski definition) is 0. The number of carbonyl (C=O) groups excluding carboxylic acids is 1. The van der Waals surface area contributed by atoms with Crippen LogP contribution in [0.1, 0.15) is 24.2 Å². The summed E-state index contributed by atoms with van der Waals surface area (Å²) in [6.07, 6.45) is 0. The summed E-state index contributed by atoms with van der Waals surface area (Å²) in [4.78, 5) is 12.0. The van der Waals surface area contributed by atoms with Gasteiger partial charge in [0.2, 0.25) is 0 Å². The molecule has 0 unspecified atom stereocenters. The van der Waals surface area contributed by atoms with E-state index >= 15 is 0 Å². The van der Waals surface area contributed by atoms with Gasteiger partial charge in [0.05, 0.1) is 0 Å². The summed E-state index contributed by atoms with van der Waals surface area (Å²) in [5.41, 5.74) is 2.67. The van der Waals surface area contributed by atoms with Crippen molar-refractivity contribution < 1.29 is 4.79 Å². The van der Waals surface area contributed by atoms with Crippen LogP contribution < -0.4 is 0 Å². The number of carbonyl (C=O) groups is 1. The molecule has 0 spiro atoms. The van der Waals surface area contributed by atoms with E-state index in [4.69, 9.17) is 11.6 Å². The first-order valence-electron chi connectivity index (χ1n) is 5.99. The normalized spacial score (nSPS) is 10.7. The third kappa shape index (κ3) is 2.62. The monoisotopic (exact) mass is 258 g/mol. The Balaban J connectivity index is 2.45. The molecule has 0 atom stereocenters. The van der Waals surface area contributed by atoms with Crippen LogP contribution in [0.25, 0.3) is 11.1 Å². The van der Waals surface area contributed by atoms with Crippen molar-refractivity contribution in [3.63, 3.8) is 0 Å². The van der Waals surface area contributed by atoms with E-state index in [2.05, 4.69) is 0 Å². The van der Waals surface area contributed by atoms with Crippen LogP contribution in [-0.2, 0) is 0 Å². The molecule has 2 rings (SSSR count). The molecule has 0 aliphatic heterocycles. The van der Waals surface area contributed by atoms with E-state index in [9.17, 15) is 4.79 Å². The number of ketones is 1. The van der Waals surface area contributed by atoms with Gasteiger partial charge in [0, 0.05) is 22.1 Å². The van der Waals surface area contributed by atoms with Gasteiger partial charge in [0.15, 0.2) is 5.78 Å². The Morgan fingerprint density at radius 1 is 1.06 bits per heavy atom. The van der Waals surface area contributed by atoms with Gasteiger partial charge in [0.1, 0.15) is 0 Å². The largest absolute Gasteiger partial charge is 0.294 e. The minimum absolute atomic E-state index is 0.00601. The van der Waals surface area contributed by atoms with Gasteiger partial charge in [-0.1, -0.05) is 61.8 Å². The molecule has 0 aromatic heterocycles. The van der Waals surface area contributed by atoms with E-state index in [1.54, 1.807) is 0 Å². The van der Waals surface area contributed by atoms with Gasteiger partial charge in [-0.15, -0.1) is 0 Å². The van der Waals surface area contributed by atoms with E-state index in [1.807, 2.05) is 62.4 Å². The summed E-state index contributed by atoms with van der Waals surface area (Å²) in [5.74, 6) is 0.162. The van der Waals surface area contributed by atoms with Crippen molar-refractivity contribution in [2.45, 2.75) is 13.8 Å². The summed E-state index contributed by atoms with van der Waals surface area (Å²) in [7, 11) is 0. The molecular weight excluding hydrogens is 244 g/mol. The van der Waals surface area contributed by atoms with Crippen LogP contribution >= 0.6 is 11.6 Å². The first-order valence-corrected chi connectivity index (χ1v) is 6.36. The summed E-state index contributed by atoms with van der Waals surface area (Å²) in [6.45, 7) is 3.81. The molecule has 18 heavy (non-hydrogen) atoms. The Hall–Kier alpha value is -1.60. The summed E-state index contributed by atoms with van der Waals surface area (Å²) in [5, 5.41) is 0.701. The van der Waals surface area contributed by atoms with Crippen LogP contribution in [0.2, 0.25) is 5.02 Å². The SMILES string of the molecule is CC(C)C(=O)c1cccc(-c2ccccc2Cl)c1. The molecular formula is C16H15ClO. The highest BCUT2D eigenvalue weighted by Crippen LogP contribution is 2.28. The zero-order chi connectivity index (χ0) is 13.1. The van der Waals surface area contributed by atoms with Crippen molar-refractivity contribution in [3.05, 3.63) is 59.1 Å². The second-order valence-electron chi connectivity index (χ2n) is 4.58. The fourth-order valence-electron chi connectivity index (χ4n) is 1.87. The Bertz CT molecular complexity index is 573. The summed E-state index contributed by atoms with van der Waals surface area (Å²) >= 11 is 6.17. The molecule has 0 fully saturated rings. The van der Waals surface area contributed by atoms with E-state index in [0.29, 0.717) is 5.02 Å². The highest BCUT2D eigenvalue weighted by Gasteiger charge is 2.11. The predicted octanol–water partition coefficient (Wildman–Crippen LogP) is 4.85. The maximum absolute atomic E-state index is 12.0. The smallest absolute Gasteiger partial charge is 0.165 e. The van der Waals surface area contributed by atoms with Gasteiger partial charge >= 0.3 is 0 Å². The molecule has 2 aromatic rings. The lowest BCUT2D eigenvalue weighted by atomic mass is 9.97. The molecule has 0 aliphatic rings. The molecule has 0 N–H and O–H groups in total. The maximum Gasteiger partial charge on any atom is 0.165 e. The molecule has 0 bridgehead atoms. The van der Waals surface area contributed by atoms with E-state index in [-0.39, 0.29) is 11.7 Å². The Labute approximate surface area is 112 Å². The topological polar surface area (TPSA) is 17.1 Å². The van der Waals surface area contributed by atoms with Crippen LogP contribution in [0.4, 0.5) is 0 Å². The second kappa shape index (κ2) is 5.36. The van der Waals surface area contributed by atoms with Gasteiger partial charge in [0.25, 0.3) is 0 Å². The lowest BCUT2D eigenvalue weighted by molar-refractivity contribution is 0.0939. The summed E-state index contributed by atoms with van der Waals surface area (Å²) in [6, 6.07) is 15.3. The van der Waals surface area contributed by atoms with E-state index < -0.39 is 0 Å². The zero-order valence-corrected chi connectivity index (χ0v) is 11.2. The average Bonchev–Trinajstić information content (AvgIpc) is 2.38. The average molecular weight is 259 g/mol. The van der Waals surface area contributed by atoms with Gasteiger partial charge in [-0.25, -0.2) is 0 Å². The second-order valence-corrected chi connectivity index (χ2v) is 4.99. The molecule has 2 aromatic carbocycles. The lowest BCUT2D eigenvalue weighted by Gasteiger charge is -2.08. The Morgan fingerprint density at radius 3 is 2.44 bits per heavy atom. The van der Waals surface area contributed by atoms with Crippen molar-refractivity contribution in [2.75, 3.05) is 0 Å². The van der Waals surface area contributed by atoms with Crippen LogP contribution in [0, 0.1) is 5.92 Å². The molecule has 0 radical (unpaired) electrons. The number of Topliss-reactive ketones (excluding diaryl/α,β-unsaturated/α-hetero) is 1. The lowest BCUT2D eigenvalue weighted by Crippen LogP contribution is -2.07. The molecule has 0 amide bonds. The van der Waals surface area contributed by atoms with Crippen LogP contribution in [-0.4, -0.2) is 5.78 Å². The highest BCUT2D eigenvalue weighted by atomic mass is 35.5.